The van der Waals surface area contributed by atoms with Gasteiger partial charge in [-0.05, 0) is 31.8 Å². The second kappa shape index (κ2) is 7.24. The summed E-state index contributed by atoms with van der Waals surface area (Å²) in [6.45, 7) is 18.3. The summed E-state index contributed by atoms with van der Waals surface area (Å²) in [6, 6.07) is 0.581. The number of likely N-dealkylation sites (N-methyl/N-ethyl adjacent to an activating group) is 1. The van der Waals surface area contributed by atoms with Crippen molar-refractivity contribution in [3.8, 4) is 0 Å². The monoisotopic (exact) mass is 214 g/mol. The minimum absolute atomic E-state index is 0.363. The van der Waals surface area contributed by atoms with E-state index in [0.717, 1.165) is 6.54 Å². The van der Waals surface area contributed by atoms with E-state index in [1.165, 1.54) is 26.1 Å². The summed E-state index contributed by atoms with van der Waals surface area (Å²) >= 11 is 0. The first-order chi connectivity index (χ1) is 6.91. The van der Waals surface area contributed by atoms with Crippen molar-refractivity contribution in [3.05, 3.63) is 0 Å². The Balaban J connectivity index is 3.68. The van der Waals surface area contributed by atoms with Crippen LogP contribution in [0, 0.1) is 5.41 Å². The van der Waals surface area contributed by atoms with Crippen LogP contribution in [0.5, 0.6) is 0 Å². The second-order valence-corrected chi connectivity index (χ2v) is 5.48. The standard InChI is InChI=1S/C13H30N2/c1-7-10-15(8-2)11-9-14-12(3)13(4,5)6/h12,14H,7-11H2,1-6H3. The van der Waals surface area contributed by atoms with Crippen LogP contribution in [0.4, 0.5) is 0 Å². The number of hydrogen-bond donors (Lipinski definition) is 1. The number of nitrogens with zero attached hydrogens (tertiary/aromatic N) is 1. The summed E-state index contributed by atoms with van der Waals surface area (Å²) in [4.78, 5) is 2.50. The average molecular weight is 214 g/mol. The van der Waals surface area contributed by atoms with Crippen LogP contribution in [0.25, 0.3) is 0 Å². The van der Waals surface area contributed by atoms with Gasteiger partial charge in [0.2, 0.25) is 0 Å². The summed E-state index contributed by atoms with van der Waals surface area (Å²) in [5, 5.41) is 3.60. The molecule has 0 aromatic carbocycles. The summed E-state index contributed by atoms with van der Waals surface area (Å²) in [7, 11) is 0. The molecule has 0 aromatic heterocycles. The highest BCUT2D eigenvalue weighted by Gasteiger charge is 2.18. The Labute approximate surface area is 96.4 Å². The topological polar surface area (TPSA) is 15.3 Å². The van der Waals surface area contributed by atoms with E-state index >= 15 is 0 Å². The number of nitrogens with one attached hydrogen (secondary N) is 1. The van der Waals surface area contributed by atoms with Crippen LogP contribution in [0.2, 0.25) is 0 Å². The molecule has 1 unspecified atom stereocenters. The summed E-state index contributed by atoms with van der Waals surface area (Å²) < 4.78 is 0. The molecule has 2 nitrogen and oxygen atoms in total. The first kappa shape index (κ1) is 14.9. The van der Waals surface area contributed by atoms with E-state index < -0.39 is 0 Å². The predicted molar refractivity (Wildman–Crippen MR) is 69.3 cm³/mol. The zero-order valence-electron chi connectivity index (χ0n) is 11.6. The van der Waals surface area contributed by atoms with Gasteiger partial charge >= 0.3 is 0 Å². The summed E-state index contributed by atoms with van der Waals surface area (Å²) in [5.41, 5.74) is 0.363. The third kappa shape index (κ3) is 6.91. The predicted octanol–water partition coefficient (Wildman–Crippen LogP) is 2.74. The van der Waals surface area contributed by atoms with Crippen LogP contribution < -0.4 is 5.32 Å². The Bertz CT molecular complexity index is 149. The molecule has 0 rings (SSSR count). The minimum Gasteiger partial charge on any atom is -0.312 e. The van der Waals surface area contributed by atoms with Gasteiger partial charge < -0.3 is 10.2 Å². The Hall–Kier alpha value is -0.0800. The van der Waals surface area contributed by atoms with Crippen LogP contribution in [0.3, 0.4) is 0 Å². The van der Waals surface area contributed by atoms with E-state index in [1.54, 1.807) is 0 Å². The van der Waals surface area contributed by atoms with Crippen molar-refractivity contribution in [2.45, 2.75) is 54.0 Å². The van der Waals surface area contributed by atoms with Gasteiger partial charge in [0.25, 0.3) is 0 Å². The largest absolute Gasteiger partial charge is 0.312 e. The molecule has 0 fully saturated rings. The molecule has 92 valence electrons. The minimum atomic E-state index is 0.363. The zero-order valence-corrected chi connectivity index (χ0v) is 11.6. The molecule has 0 aromatic rings. The van der Waals surface area contributed by atoms with E-state index in [9.17, 15) is 0 Å². The van der Waals surface area contributed by atoms with Crippen LogP contribution in [0.1, 0.15) is 48.0 Å². The van der Waals surface area contributed by atoms with Gasteiger partial charge in [-0.2, -0.15) is 0 Å². The zero-order chi connectivity index (χ0) is 11.9. The highest BCUT2D eigenvalue weighted by Crippen LogP contribution is 2.17. The van der Waals surface area contributed by atoms with Gasteiger partial charge in [0.15, 0.2) is 0 Å². The van der Waals surface area contributed by atoms with Crippen molar-refractivity contribution in [2.24, 2.45) is 5.41 Å². The van der Waals surface area contributed by atoms with Crippen LogP contribution in [-0.2, 0) is 0 Å². The van der Waals surface area contributed by atoms with Crippen molar-refractivity contribution in [3.63, 3.8) is 0 Å². The summed E-state index contributed by atoms with van der Waals surface area (Å²) in [5.74, 6) is 0. The molecule has 15 heavy (non-hydrogen) atoms. The Morgan fingerprint density at radius 2 is 1.73 bits per heavy atom. The molecule has 0 saturated carbocycles. The summed E-state index contributed by atoms with van der Waals surface area (Å²) in [6.07, 6.45) is 1.25. The first-order valence-corrected chi connectivity index (χ1v) is 6.37. The van der Waals surface area contributed by atoms with Crippen molar-refractivity contribution < 1.29 is 0 Å². The quantitative estimate of drug-likeness (QED) is 0.701. The molecule has 0 spiro atoms. The lowest BCUT2D eigenvalue weighted by molar-refractivity contribution is 0.249. The van der Waals surface area contributed by atoms with E-state index in [2.05, 4.69) is 51.8 Å². The van der Waals surface area contributed by atoms with Gasteiger partial charge in [0.1, 0.15) is 0 Å². The fourth-order valence-electron chi connectivity index (χ4n) is 1.49. The molecule has 0 saturated heterocycles. The second-order valence-electron chi connectivity index (χ2n) is 5.48. The van der Waals surface area contributed by atoms with Crippen LogP contribution in [0.15, 0.2) is 0 Å². The molecular formula is C13H30N2. The van der Waals surface area contributed by atoms with Crippen molar-refractivity contribution in [1.82, 2.24) is 10.2 Å². The molecule has 0 radical (unpaired) electrons. The van der Waals surface area contributed by atoms with E-state index in [1.807, 2.05) is 0 Å². The van der Waals surface area contributed by atoms with Gasteiger partial charge in [-0.1, -0.05) is 34.6 Å². The lowest BCUT2D eigenvalue weighted by Gasteiger charge is -2.29. The van der Waals surface area contributed by atoms with Crippen LogP contribution in [-0.4, -0.2) is 37.1 Å². The van der Waals surface area contributed by atoms with E-state index in [4.69, 9.17) is 0 Å². The van der Waals surface area contributed by atoms with Crippen molar-refractivity contribution >= 4 is 0 Å². The molecule has 0 amide bonds. The molecule has 2 heteroatoms. The van der Waals surface area contributed by atoms with Gasteiger partial charge in [-0.15, -0.1) is 0 Å². The SMILES string of the molecule is CCCN(CC)CCNC(C)C(C)(C)C. The molecule has 1 atom stereocenters. The molecule has 0 heterocycles. The average Bonchev–Trinajstić information content (AvgIpc) is 2.14. The maximum absolute atomic E-state index is 3.60. The fourth-order valence-corrected chi connectivity index (χ4v) is 1.49. The Morgan fingerprint density at radius 1 is 1.13 bits per heavy atom. The molecule has 0 aliphatic carbocycles. The van der Waals surface area contributed by atoms with Crippen molar-refractivity contribution in [2.75, 3.05) is 26.2 Å². The maximum atomic E-state index is 3.60. The smallest absolute Gasteiger partial charge is 0.0107 e. The third-order valence-corrected chi connectivity index (χ3v) is 3.16. The lowest BCUT2D eigenvalue weighted by Crippen LogP contribution is -2.42. The number of rotatable bonds is 7. The Morgan fingerprint density at radius 3 is 2.13 bits per heavy atom. The Kier molecular flexibility index (Phi) is 7.20. The third-order valence-electron chi connectivity index (χ3n) is 3.16. The molecular weight excluding hydrogens is 184 g/mol. The number of hydrogen-bond acceptors (Lipinski definition) is 2. The van der Waals surface area contributed by atoms with Crippen molar-refractivity contribution in [1.29, 1.82) is 0 Å². The maximum Gasteiger partial charge on any atom is 0.0107 e. The highest BCUT2D eigenvalue weighted by molar-refractivity contribution is 4.76. The highest BCUT2D eigenvalue weighted by atomic mass is 15.1. The van der Waals surface area contributed by atoms with Gasteiger partial charge in [0.05, 0.1) is 0 Å². The lowest BCUT2D eigenvalue weighted by atomic mass is 9.88. The molecule has 0 aliphatic rings. The van der Waals surface area contributed by atoms with Gasteiger partial charge in [-0.25, -0.2) is 0 Å². The molecule has 0 aliphatic heterocycles. The first-order valence-electron chi connectivity index (χ1n) is 6.37. The normalized spacial score (nSPS) is 14.6. The molecule has 1 N–H and O–H groups in total. The van der Waals surface area contributed by atoms with Gasteiger partial charge in [-0.3, -0.25) is 0 Å². The van der Waals surface area contributed by atoms with Gasteiger partial charge in [0, 0.05) is 19.1 Å². The van der Waals surface area contributed by atoms with Crippen LogP contribution >= 0.6 is 0 Å². The fraction of sp³-hybridized carbons (Fsp3) is 1.00. The van der Waals surface area contributed by atoms with E-state index in [0.29, 0.717) is 11.5 Å². The van der Waals surface area contributed by atoms with E-state index in [-0.39, 0.29) is 0 Å². The molecule has 0 bridgehead atoms.